The fourth-order valence-electron chi connectivity index (χ4n) is 1.75. The van der Waals surface area contributed by atoms with Gasteiger partial charge in [0.1, 0.15) is 0 Å². The number of aryl methyl sites for hydroxylation is 2. The van der Waals surface area contributed by atoms with Crippen molar-refractivity contribution in [1.82, 2.24) is 25.3 Å². The molecule has 0 atom stereocenters. The SMILES string of the molecule is CCc1nn(C)c(CNCc2cccnn2)c1Br. The van der Waals surface area contributed by atoms with E-state index in [1.807, 2.05) is 23.9 Å². The van der Waals surface area contributed by atoms with Gasteiger partial charge in [-0.15, -0.1) is 0 Å². The molecule has 2 aromatic rings. The molecule has 0 fully saturated rings. The molecule has 0 aliphatic carbocycles. The Morgan fingerprint density at radius 3 is 2.83 bits per heavy atom. The molecule has 5 nitrogen and oxygen atoms in total. The van der Waals surface area contributed by atoms with Crippen molar-refractivity contribution in [3.05, 3.63) is 39.9 Å². The highest BCUT2D eigenvalue weighted by atomic mass is 79.9. The van der Waals surface area contributed by atoms with Crippen molar-refractivity contribution in [3.8, 4) is 0 Å². The number of aromatic nitrogens is 4. The lowest BCUT2D eigenvalue weighted by Crippen LogP contribution is -2.16. The van der Waals surface area contributed by atoms with Crippen LogP contribution in [-0.4, -0.2) is 20.0 Å². The fraction of sp³-hybridized carbons (Fsp3) is 0.417. The molecule has 96 valence electrons. The van der Waals surface area contributed by atoms with Crippen molar-refractivity contribution in [3.63, 3.8) is 0 Å². The van der Waals surface area contributed by atoms with Gasteiger partial charge in [0.15, 0.2) is 0 Å². The van der Waals surface area contributed by atoms with Gasteiger partial charge in [-0.3, -0.25) is 4.68 Å². The normalized spacial score (nSPS) is 10.8. The van der Waals surface area contributed by atoms with Crippen LogP contribution in [0.25, 0.3) is 0 Å². The molecule has 6 heteroatoms. The summed E-state index contributed by atoms with van der Waals surface area (Å²) in [6, 6.07) is 3.84. The summed E-state index contributed by atoms with van der Waals surface area (Å²) < 4.78 is 3.01. The quantitative estimate of drug-likeness (QED) is 0.915. The summed E-state index contributed by atoms with van der Waals surface area (Å²) in [6.45, 7) is 3.55. The molecular weight excluding hydrogens is 294 g/mol. The van der Waals surface area contributed by atoms with Crippen LogP contribution in [0.1, 0.15) is 24.0 Å². The summed E-state index contributed by atoms with van der Waals surface area (Å²) in [5.41, 5.74) is 3.18. The Hall–Kier alpha value is -1.27. The minimum atomic E-state index is 0.701. The first-order chi connectivity index (χ1) is 8.72. The van der Waals surface area contributed by atoms with E-state index in [1.165, 1.54) is 0 Å². The van der Waals surface area contributed by atoms with Gasteiger partial charge in [0.05, 0.1) is 21.6 Å². The second-order valence-electron chi connectivity index (χ2n) is 4.00. The van der Waals surface area contributed by atoms with E-state index in [-0.39, 0.29) is 0 Å². The molecule has 0 aliphatic heterocycles. The van der Waals surface area contributed by atoms with E-state index in [4.69, 9.17) is 0 Å². The van der Waals surface area contributed by atoms with E-state index in [0.717, 1.165) is 34.5 Å². The maximum Gasteiger partial charge on any atom is 0.0769 e. The van der Waals surface area contributed by atoms with E-state index in [2.05, 4.69) is 43.5 Å². The molecule has 0 radical (unpaired) electrons. The molecule has 0 amide bonds. The highest BCUT2D eigenvalue weighted by molar-refractivity contribution is 9.10. The van der Waals surface area contributed by atoms with Crippen molar-refractivity contribution < 1.29 is 0 Å². The van der Waals surface area contributed by atoms with Gasteiger partial charge >= 0.3 is 0 Å². The second kappa shape index (κ2) is 6.06. The zero-order valence-corrected chi connectivity index (χ0v) is 12.1. The van der Waals surface area contributed by atoms with Crippen molar-refractivity contribution in [2.45, 2.75) is 26.4 Å². The van der Waals surface area contributed by atoms with Crippen molar-refractivity contribution in [2.75, 3.05) is 0 Å². The van der Waals surface area contributed by atoms with E-state index < -0.39 is 0 Å². The molecule has 0 saturated carbocycles. The molecule has 2 aromatic heterocycles. The summed E-state index contributed by atoms with van der Waals surface area (Å²) >= 11 is 3.60. The van der Waals surface area contributed by atoms with Crippen molar-refractivity contribution in [1.29, 1.82) is 0 Å². The van der Waals surface area contributed by atoms with Crippen molar-refractivity contribution in [2.24, 2.45) is 7.05 Å². The van der Waals surface area contributed by atoms with Gasteiger partial charge in [0.2, 0.25) is 0 Å². The van der Waals surface area contributed by atoms with Gasteiger partial charge in [-0.1, -0.05) is 6.92 Å². The number of nitrogens with one attached hydrogen (secondary N) is 1. The average Bonchev–Trinajstić information content (AvgIpc) is 2.67. The Morgan fingerprint density at radius 1 is 1.39 bits per heavy atom. The van der Waals surface area contributed by atoms with E-state index in [9.17, 15) is 0 Å². The van der Waals surface area contributed by atoms with Crippen LogP contribution in [0, 0.1) is 0 Å². The van der Waals surface area contributed by atoms with Crippen LogP contribution in [0.2, 0.25) is 0 Å². The third-order valence-corrected chi connectivity index (χ3v) is 3.64. The average molecular weight is 310 g/mol. The van der Waals surface area contributed by atoms with Crippen LogP contribution in [-0.2, 0) is 26.6 Å². The van der Waals surface area contributed by atoms with Crippen LogP contribution in [0.3, 0.4) is 0 Å². The smallest absolute Gasteiger partial charge is 0.0769 e. The summed E-state index contributed by atoms with van der Waals surface area (Å²) in [4.78, 5) is 0. The monoisotopic (exact) mass is 309 g/mol. The summed E-state index contributed by atoms with van der Waals surface area (Å²) in [6.07, 6.45) is 2.60. The van der Waals surface area contributed by atoms with E-state index in [1.54, 1.807) is 6.20 Å². The Bertz CT molecular complexity index is 509. The molecule has 0 saturated heterocycles. The standard InChI is InChI=1S/C12H16BrN5/c1-3-10-12(13)11(18(2)17-10)8-14-7-9-5-4-6-15-16-9/h4-6,14H,3,7-8H2,1-2H3. The molecule has 0 bridgehead atoms. The molecule has 0 spiro atoms. The van der Waals surface area contributed by atoms with E-state index in [0.29, 0.717) is 6.54 Å². The van der Waals surface area contributed by atoms with Crippen LogP contribution in [0.4, 0.5) is 0 Å². The number of nitrogens with zero attached hydrogens (tertiary/aromatic N) is 4. The summed E-state index contributed by atoms with van der Waals surface area (Å²) in [5.74, 6) is 0. The molecule has 0 aliphatic rings. The first-order valence-electron chi connectivity index (χ1n) is 5.90. The first kappa shape index (κ1) is 13.2. The third kappa shape index (κ3) is 2.94. The summed E-state index contributed by atoms with van der Waals surface area (Å²) in [5, 5.41) is 15.7. The molecule has 18 heavy (non-hydrogen) atoms. The van der Waals surface area contributed by atoms with Gasteiger partial charge in [-0.05, 0) is 34.5 Å². The van der Waals surface area contributed by atoms with Crippen LogP contribution in [0.5, 0.6) is 0 Å². The Kier molecular flexibility index (Phi) is 4.43. The lowest BCUT2D eigenvalue weighted by molar-refractivity contribution is 0.612. The Morgan fingerprint density at radius 2 is 2.22 bits per heavy atom. The number of hydrogen-bond donors (Lipinski definition) is 1. The maximum absolute atomic E-state index is 4.46. The first-order valence-corrected chi connectivity index (χ1v) is 6.69. The zero-order valence-electron chi connectivity index (χ0n) is 10.5. The fourth-order valence-corrected chi connectivity index (χ4v) is 2.51. The van der Waals surface area contributed by atoms with Gasteiger partial charge in [-0.25, -0.2) is 0 Å². The lowest BCUT2D eigenvalue weighted by atomic mass is 10.3. The predicted octanol–water partition coefficient (Wildman–Crippen LogP) is 1.82. The summed E-state index contributed by atoms with van der Waals surface area (Å²) in [7, 11) is 1.96. The highest BCUT2D eigenvalue weighted by Crippen LogP contribution is 2.21. The Balaban J connectivity index is 1.96. The van der Waals surface area contributed by atoms with Crippen LogP contribution in [0.15, 0.2) is 22.8 Å². The molecular formula is C12H16BrN5. The van der Waals surface area contributed by atoms with Gasteiger partial charge in [0, 0.05) is 26.3 Å². The predicted molar refractivity (Wildman–Crippen MR) is 72.9 cm³/mol. The number of hydrogen-bond acceptors (Lipinski definition) is 4. The largest absolute Gasteiger partial charge is 0.305 e. The van der Waals surface area contributed by atoms with Gasteiger partial charge in [0.25, 0.3) is 0 Å². The highest BCUT2D eigenvalue weighted by Gasteiger charge is 2.11. The van der Waals surface area contributed by atoms with Crippen LogP contribution >= 0.6 is 15.9 Å². The minimum absolute atomic E-state index is 0.701. The molecule has 2 heterocycles. The molecule has 1 N–H and O–H groups in total. The van der Waals surface area contributed by atoms with Crippen LogP contribution < -0.4 is 5.32 Å². The molecule has 0 unspecified atom stereocenters. The molecule has 0 aromatic carbocycles. The van der Waals surface area contributed by atoms with E-state index >= 15 is 0 Å². The topological polar surface area (TPSA) is 55.6 Å². The zero-order chi connectivity index (χ0) is 13.0. The number of rotatable bonds is 5. The molecule has 2 rings (SSSR count). The maximum atomic E-state index is 4.46. The minimum Gasteiger partial charge on any atom is -0.305 e. The second-order valence-corrected chi connectivity index (χ2v) is 4.80. The van der Waals surface area contributed by atoms with Gasteiger partial charge < -0.3 is 5.32 Å². The van der Waals surface area contributed by atoms with Crippen molar-refractivity contribution >= 4 is 15.9 Å². The lowest BCUT2D eigenvalue weighted by Gasteiger charge is -2.05. The Labute approximate surface area is 115 Å². The number of halogens is 1. The van der Waals surface area contributed by atoms with Gasteiger partial charge in [-0.2, -0.15) is 15.3 Å². The third-order valence-electron chi connectivity index (χ3n) is 2.73.